The number of nitro groups is 1. The summed E-state index contributed by atoms with van der Waals surface area (Å²) in [5, 5.41) is 17.8. The van der Waals surface area contributed by atoms with Gasteiger partial charge in [0.25, 0.3) is 17.5 Å². The molecule has 9 heteroatoms. The Morgan fingerprint density at radius 3 is 2.26 bits per heavy atom. The fraction of sp³-hybridized carbons (Fsp3) is 0.200. The molecule has 1 aromatic rings. The van der Waals surface area contributed by atoms with Gasteiger partial charge in [-0.25, -0.2) is 4.94 Å². The first-order valence-electron chi connectivity index (χ1n) is 5.26. The predicted molar refractivity (Wildman–Crippen MR) is 59.8 cm³/mol. The standard InChI is InChI=1S/C10H8N4O5/c15-9-5-6-10(16)13(9)19-12-11-7-1-3-8(4-2-7)14(17)18/h1-4H,5-6H2. The molecule has 0 spiro atoms. The first-order chi connectivity index (χ1) is 9.08. The second-order valence-electron chi connectivity index (χ2n) is 3.62. The van der Waals surface area contributed by atoms with Crippen molar-refractivity contribution in [2.45, 2.75) is 12.8 Å². The maximum atomic E-state index is 11.2. The Morgan fingerprint density at radius 1 is 1.16 bits per heavy atom. The molecule has 0 saturated carbocycles. The van der Waals surface area contributed by atoms with Crippen LogP contribution in [0.15, 0.2) is 34.7 Å². The number of rotatable bonds is 4. The lowest BCUT2D eigenvalue weighted by Crippen LogP contribution is -2.26. The van der Waals surface area contributed by atoms with Crippen LogP contribution >= 0.6 is 0 Å². The van der Waals surface area contributed by atoms with Crippen LogP contribution in [0.2, 0.25) is 0 Å². The minimum atomic E-state index is -0.543. The van der Waals surface area contributed by atoms with E-state index in [2.05, 4.69) is 15.3 Å². The third-order valence-electron chi connectivity index (χ3n) is 2.34. The topological polar surface area (TPSA) is 114 Å². The van der Waals surface area contributed by atoms with Crippen LogP contribution in [-0.4, -0.2) is 21.8 Å². The van der Waals surface area contributed by atoms with E-state index in [0.29, 0.717) is 10.8 Å². The van der Waals surface area contributed by atoms with Crippen molar-refractivity contribution < 1.29 is 19.5 Å². The number of benzene rings is 1. The second-order valence-corrected chi connectivity index (χ2v) is 3.62. The lowest BCUT2D eigenvalue weighted by Gasteiger charge is -2.06. The van der Waals surface area contributed by atoms with Gasteiger partial charge in [0.15, 0.2) is 0 Å². The SMILES string of the molecule is O=C1CCC(=O)N1ON=Nc1ccc([N+](=O)[O-])cc1. The fourth-order valence-corrected chi connectivity index (χ4v) is 1.39. The van der Waals surface area contributed by atoms with Crippen molar-refractivity contribution in [2.24, 2.45) is 10.4 Å². The van der Waals surface area contributed by atoms with Crippen LogP contribution in [-0.2, 0) is 14.5 Å². The van der Waals surface area contributed by atoms with Crippen LogP contribution in [0.5, 0.6) is 0 Å². The van der Waals surface area contributed by atoms with E-state index >= 15 is 0 Å². The summed E-state index contributed by atoms with van der Waals surface area (Å²) in [6.45, 7) is 0. The number of hydrogen-bond donors (Lipinski definition) is 0. The van der Waals surface area contributed by atoms with E-state index in [-0.39, 0.29) is 18.5 Å². The van der Waals surface area contributed by atoms with E-state index in [1.165, 1.54) is 24.3 Å². The summed E-state index contributed by atoms with van der Waals surface area (Å²) in [7, 11) is 0. The van der Waals surface area contributed by atoms with E-state index in [1.54, 1.807) is 0 Å². The molecule has 0 radical (unpaired) electrons. The molecular weight excluding hydrogens is 256 g/mol. The van der Waals surface area contributed by atoms with Crippen LogP contribution in [0.1, 0.15) is 12.8 Å². The molecule has 0 atom stereocenters. The first kappa shape index (κ1) is 12.6. The molecule has 19 heavy (non-hydrogen) atoms. The summed E-state index contributed by atoms with van der Waals surface area (Å²) < 4.78 is 0. The van der Waals surface area contributed by atoms with Gasteiger partial charge < -0.3 is 0 Å². The summed E-state index contributed by atoms with van der Waals surface area (Å²) >= 11 is 0. The molecule has 0 bridgehead atoms. The molecule has 2 amide bonds. The first-order valence-corrected chi connectivity index (χ1v) is 5.26. The van der Waals surface area contributed by atoms with Crippen molar-refractivity contribution >= 4 is 23.2 Å². The number of nitro benzene ring substituents is 1. The highest BCUT2D eigenvalue weighted by atomic mass is 16.8. The third kappa shape index (κ3) is 2.89. The number of carbonyl (C=O) groups is 2. The maximum Gasteiger partial charge on any atom is 0.269 e. The van der Waals surface area contributed by atoms with Crippen molar-refractivity contribution in [3.63, 3.8) is 0 Å². The monoisotopic (exact) mass is 264 g/mol. The zero-order valence-corrected chi connectivity index (χ0v) is 9.55. The molecule has 1 saturated heterocycles. The molecule has 1 aliphatic rings. The van der Waals surface area contributed by atoms with Gasteiger partial charge in [0.05, 0.1) is 15.9 Å². The fourth-order valence-electron chi connectivity index (χ4n) is 1.39. The van der Waals surface area contributed by atoms with Crippen molar-refractivity contribution in [3.05, 3.63) is 34.4 Å². The van der Waals surface area contributed by atoms with Gasteiger partial charge in [-0.3, -0.25) is 19.7 Å². The average molecular weight is 264 g/mol. The lowest BCUT2D eigenvalue weighted by molar-refractivity contribution is -0.384. The summed E-state index contributed by atoms with van der Waals surface area (Å²) in [5.41, 5.74) is 0.217. The molecule has 0 aromatic heterocycles. The van der Waals surface area contributed by atoms with Crippen LogP contribution in [0, 0.1) is 10.1 Å². The van der Waals surface area contributed by atoms with Gasteiger partial charge in [0.2, 0.25) is 0 Å². The highest BCUT2D eigenvalue weighted by molar-refractivity contribution is 6.00. The summed E-state index contributed by atoms with van der Waals surface area (Å²) in [6.07, 6.45) is 0.178. The number of non-ortho nitro benzene ring substituents is 1. The number of carbonyl (C=O) groups excluding carboxylic acids is 2. The highest BCUT2D eigenvalue weighted by Crippen LogP contribution is 2.19. The van der Waals surface area contributed by atoms with Gasteiger partial charge in [0.1, 0.15) is 0 Å². The van der Waals surface area contributed by atoms with Crippen LogP contribution in [0.3, 0.4) is 0 Å². The quantitative estimate of drug-likeness (QED) is 0.355. The van der Waals surface area contributed by atoms with Gasteiger partial charge in [-0.1, -0.05) is 5.06 Å². The minimum Gasteiger partial charge on any atom is -0.271 e. The van der Waals surface area contributed by atoms with Crippen molar-refractivity contribution in [3.8, 4) is 0 Å². The molecule has 1 aromatic carbocycles. The van der Waals surface area contributed by atoms with Crippen molar-refractivity contribution in [2.75, 3.05) is 0 Å². The Labute approximate surface area is 106 Å². The zero-order valence-electron chi connectivity index (χ0n) is 9.55. The predicted octanol–water partition coefficient (Wildman–Crippen LogP) is 1.67. The summed E-state index contributed by atoms with van der Waals surface area (Å²) in [4.78, 5) is 36.7. The van der Waals surface area contributed by atoms with E-state index in [9.17, 15) is 19.7 Å². The Morgan fingerprint density at radius 2 is 1.74 bits per heavy atom. The highest BCUT2D eigenvalue weighted by Gasteiger charge is 2.31. The third-order valence-corrected chi connectivity index (χ3v) is 2.34. The van der Waals surface area contributed by atoms with Gasteiger partial charge in [-0.2, -0.15) is 0 Å². The van der Waals surface area contributed by atoms with E-state index in [1.807, 2.05) is 0 Å². The Hall–Kier alpha value is -2.84. The van der Waals surface area contributed by atoms with Crippen molar-refractivity contribution in [1.82, 2.24) is 5.06 Å². The van der Waals surface area contributed by atoms with Crippen molar-refractivity contribution in [1.29, 1.82) is 0 Å². The number of hydrogen-bond acceptors (Lipinski definition) is 7. The van der Waals surface area contributed by atoms with Gasteiger partial charge >= 0.3 is 0 Å². The zero-order chi connectivity index (χ0) is 13.8. The maximum absolute atomic E-state index is 11.2. The number of nitrogens with zero attached hydrogens (tertiary/aromatic N) is 4. The molecule has 9 nitrogen and oxygen atoms in total. The van der Waals surface area contributed by atoms with Crippen LogP contribution in [0.4, 0.5) is 11.4 Å². The lowest BCUT2D eigenvalue weighted by atomic mass is 10.3. The molecular formula is C10H8N4O5. The molecule has 2 rings (SSSR count). The van der Waals surface area contributed by atoms with E-state index in [0.717, 1.165) is 0 Å². The smallest absolute Gasteiger partial charge is 0.269 e. The molecule has 0 N–H and O–H groups in total. The normalized spacial score (nSPS) is 15.3. The van der Waals surface area contributed by atoms with Crippen LogP contribution in [0.25, 0.3) is 0 Å². The summed E-state index contributed by atoms with van der Waals surface area (Å²) in [5.74, 6) is -0.958. The molecule has 0 aliphatic carbocycles. The summed E-state index contributed by atoms with van der Waals surface area (Å²) in [6, 6.07) is 5.22. The molecule has 0 unspecified atom stereocenters. The molecule has 98 valence electrons. The van der Waals surface area contributed by atoms with Gasteiger partial charge in [-0.15, -0.1) is 5.11 Å². The molecule has 1 fully saturated rings. The number of hydroxylamine groups is 2. The van der Waals surface area contributed by atoms with E-state index < -0.39 is 16.7 Å². The number of imide groups is 1. The minimum absolute atomic E-state index is 0.0789. The van der Waals surface area contributed by atoms with Gasteiger partial charge in [-0.05, 0) is 12.1 Å². The second kappa shape index (κ2) is 5.21. The largest absolute Gasteiger partial charge is 0.271 e. The Kier molecular flexibility index (Phi) is 3.46. The van der Waals surface area contributed by atoms with E-state index in [4.69, 9.17) is 0 Å². The Balaban J connectivity index is 1.97. The molecule has 1 aliphatic heterocycles. The average Bonchev–Trinajstić information content (AvgIpc) is 2.71. The van der Waals surface area contributed by atoms with Gasteiger partial charge in [0, 0.05) is 25.0 Å². The van der Waals surface area contributed by atoms with Crippen LogP contribution < -0.4 is 0 Å². The Bertz CT molecular complexity index is 538. The number of amides is 2. The molecule has 1 heterocycles.